The maximum Gasteiger partial charge on any atom is 0.245 e. The Morgan fingerprint density at radius 3 is 2.64 bits per heavy atom. The van der Waals surface area contributed by atoms with Crippen LogP contribution >= 0.6 is 11.6 Å². The summed E-state index contributed by atoms with van der Waals surface area (Å²) in [6, 6.07) is 2.70. The van der Waals surface area contributed by atoms with Crippen molar-refractivity contribution in [3.63, 3.8) is 0 Å². The number of sulfonamides is 1. The first-order chi connectivity index (χ1) is 11.7. The molecular weight excluding hydrogens is 366 g/mol. The minimum atomic E-state index is -3.50. The summed E-state index contributed by atoms with van der Waals surface area (Å²) in [6.07, 6.45) is 5.93. The van der Waals surface area contributed by atoms with Gasteiger partial charge in [0.2, 0.25) is 15.9 Å². The predicted molar refractivity (Wildman–Crippen MR) is 96.5 cm³/mol. The van der Waals surface area contributed by atoms with Gasteiger partial charge in [0, 0.05) is 19.8 Å². The maximum absolute atomic E-state index is 12.8. The number of anilines is 1. The highest BCUT2D eigenvalue weighted by atomic mass is 35.5. The molecule has 2 aromatic rings. The third-order valence-corrected chi connectivity index (χ3v) is 5.49. The van der Waals surface area contributed by atoms with Crippen molar-refractivity contribution in [3.8, 4) is 5.69 Å². The summed E-state index contributed by atoms with van der Waals surface area (Å²) in [5.41, 5.74) is 1.10. The molecule has 10 heteroatoms. The van der Waals surface area contributed by atoms with Crippen LogP contribution in [0.3, 0.4) is 0 Å². The van der Waals surface area contributed by atoms with Crippen LogP contribution in [0.25, 0.3) is 5.69 Å². The van der Waals surface area contributed by atoms with Crippen molar-refractivity contribution in [2.24, 2.45) is 0 Å². The molecule has 2 rings (SSSR count). The number of halogens is 1. The first-order valence-electron chi connectivity index (χ1n) is 7.56. The van der Waals surface area contributed by atoms with E-state index in [9.17, 15) is 13.2 Å². The molecule has 0 aliphatic heterocycles. The Labute approximate surface area is 152 Å². The fourth-order valence-corrected chi connectivity index (χ4v) is 3.16. The molecule has 0 fully saturated rings. The summed E-state index contributed by atoms with van der Waals surface area (Å²) in [4.78, 5) is 18.2. The zero-order valence-corrected chi connectivity index (χ0v) is 16.0. The molecule has 0 bridgehead atoms. The number of rotatable bonds is 6. The standard InChI is InChI=1S/C15H20ClN5O3S/c1-5-20(15(22)11(2)19(3)25(4,23)24)13-10-21(18-14(13)16)12-7-6-8-17-9-12/h6-11H,5H2,1-4H3. The highest BCUT2D eigenvalue weighted by Gasteiger charge is 2.30. The summed E-state index contributed by atoms with van der Waals surface area (Å²) >= 11 is 6.21. The number of amides is 1. The van der Waals surface area contributed by atoms with Gasteiger partial charge in [-0.05, 0) is 26.0 Å². The lowest BCUT2D eigenvalue weighted by Crippen LogP contribution is -2.47. The number of carbonyl (C=O) groups excluding carboxylic acids is 1. The summed E-state index contributed by atoms with van der Waals surface area (Å²) in [7, 11) is -2.13. The first kappa shape index (κ1) is 19.4. The van der Waals surface area contributed by atoms with Crippen LogP contribution in [0.5, 0.6) is 0 Å². The number of likely N-dealkylation sites (N-methyl/N-ethyl adjacent to an activating group) is 2. The van der Waals surface area contributed by atoms with Gasteiger partial charge in [-0.2, -0.15) is 9.40 Å². The Bertz CT molecular complexity index is 853. The quantitative estimate of drug-likeness (QED) is 0.752. The summed E-state index contributed by atoms with van der Waals surface area (Å²) in [6.45, 7) is 3.63. The molecule has 8 nitrogen and oxygen atoms in total. The van der Waals surface area contributed by atoms with Gasteiger partial charge >= 0.3 is 0 Å². The molecule has 0 aliphatic carbocycles. The Morgan fingerprint density at radius 1 is 1.44 bits per heavy atom. The molecule has 136 valence electrons. The van der Waals surface area contributed by atoms with Gasteiger partial charge in [-0.25, -0.2) is 13.1 Å². The van der Waals surface area contributed by atoms with E-state index in [0.717, 1.165) is 10.6 Å². The molecule has 0 saturated carbocycles. The lowest BCUT2D eigenvalue weighted by molar-refractivity contribution is -0.121. The largest absolute Gasteiger partial charge is 0.307 e. The molecule has 2 aromatic heterocycles. The molecule has 0 aliphatic rings. The van der Waals surface area contributed by atoms with E-state index < -0.39 is 16.1 Å². The highest BCUT2D eigenvalue weighted by molar-refractivity contribution is 7.88. The van der Waals surface area contributed by atoms with Crippen LogP contribution in [0.4, 0.5) is 5.69 Å². The monoisotopic (exact) mass is 385 g/mol. The predicted octanol–water partition coefficient (Wildman–Crippen LogP) is 1.55. The van der Waals surface area contributed by atoms with Crippen LogP contribution in [0.2, 0.25) is 5.15 Å². The van der Waals surface area contributed by atoms with Gasteiger partial charge in [-0.1, -0.05) is 11.6 Å². The van der Waals surface area contributed by atoms with Crippen molar-refractivity contribution in [1.29, 1.82) is 0 Å². The fraction of sp³-hybridized carbons (Fsp3) is 0.400. The number of nitrogens with zero attached hydrogens (tertiary/aromatic N) is 5. The molecule has 1 amide bonds. The van der Waals surface area contributed by atoms with E-state index in [2.05, 4.69) is 10.1 Å². The van der Waals surface area contributed by atoms with E-state index in [-0.39, 0.29) is 11.1 Å². The second-order valence-corrected chi connectivity index (χ2v) is 7.90. The van der Waals surface area contributed by atoms with Gasteiger partial charge in [0.25, 0.3) is 0 Å². The molecular formula is C15H20ClN5O3S. The van der Waals surface area contributed by atoms with Crippen LogP contribution in [0.15, 0.2) is 30.7 Å². The summed E-state index contributed by atoms with van der Waals surface area (Å²) in [5.74, 6) is -0.386. The van der Waals surface area contributed by atoms with Crippen LogP contribution in [-0.2, 0) is 14.8 Å². The summed E-state index contributed by atoms with van der Waals surface area (Å²) in [5, 5.41) is 4.35. The number of pyridine rings is 1. The van der Waals surface area contributed by atoms with E-state index in [4.69, 9.17) is 11.6 Å². The molecule has 0 spiro atoms. The van der Waals surface area contributed by atoms with E-state index in [0.29, 0.717) is 17.9 Å². The average molecular weight is 386 g/mol. The normalized spacial score (nSPS) is 13.0. The summed E-state index contributed by atoms with van der Waals surface area (Å²) < 4.78 is 25.9. The average Bonchev–Trinajstić information content (AvgIpc) is 2.96. The second-order valence-electron chi connectivity index (χ2n) is 5.50. The Morgan fingerprint density at radius 2 is 2.12 bits per heavy atom. The fourth-order valence-electron chi connectivity index (χ4n) is 2.26. The lowest BCUT2D eigenvalue weighted by atomic mass is 10.2. The van der Waals surface area contributed by atoms with E-state index in [1.807, 2.05) is 0 Å². The van der Waals surface area contributed by atoms with Crippen molar-refractivity contribution >= 4 is 33.2 Å². The molecule has 25 heavy (non-hydrogen) atoms. The van der Waals surface area contributed by atoms with Crippen molar-refractivity contribution in [3.05, 3.63) is 35.9 Å². The third-order valence-electron chi connectivity index (χ3n) is 3.86. The van der Waals surface area contributed by atoms with Gasteiger partial charge in [-0.3, -0.25) is 9.78 Å². The topological polar surface area (TPSA) is 88.4 Å². The van der Waals surface area contributed by atoms with E-state index in [1.54, 1.807) is 37.6 Å². The first-order valence-corrected chi connectivity index (χ1v) is 9.79. The Kier molecular flexibility index (Phi) is 5.81. The molecule has 0 saturated heterocycles. The van der Waals surface area contributed by atoms with Gasteiger partial charge < -0.3 is 4.90 Å². The van der Waals surface area contributed by atoms with Crippen molar-refractivity contribution in [2.75, 3.05) is 24.7 Å². The van der Waals surface area contributed by atoms with E-state index in [1.165, 1.54) is 23.6 Å². The minimum absolute atomic E-state index is 0.147. The number of aromatic nitrogens is 3. The molecule has 0 N–H and O–H groups in total. The zero-order chi connectivity index (χ0) is 18.8. The molecule has 0 aromatic carbocycles. The number of hydrogen-bond acceptors (Lipinski definition) is 5. The van der Waals surface area contributed by atoms with Crippen molar-refractivity contribution in [1.82, 2.24) is 19.1 Å². The van der Waals surface area contributed by atoms with Gasteiger partial charge in [0.05, 0.1) is 24.3 Å². The van der Waals surface area contributed by atoms with Crippen LogP contribution < -0.4 is 4.90 Å². The van der Waals surface area contributed by atoms with Gasteiger partial charge in [0.1, 0.15) is 11.7 Å². The van der Waals surface area contributed by atoms with Crippen LogP contribution in [0, 0.1) is 0 Å². The lowest BCUT2D eigenvalue weighted by Gasteiger charge is -2.27. The molecule has 1 atom stereocenters. The second kappa shape index (κ2) is 7.51. The molecule has 0 radical (unpaired) electrons. The van der Waals surface area contributed by atoms with Crippen LogP contribution in [0.1, 0.15) is 13.8 Å². The van der Waals surface area contributed by atoms with Crippen molar-refractivity contribution in [2.45, 2.75) is 19.9 Å². The Hall–Kier alpha value is -1.97. The smallest absolute Gasteiger partial charge is 0.245 e. The highest BCUT2D eigenvalue weighted by Crippen LogP contribution is 2.27. The van der Waals surface area contributed by atoms with Gasteiger partial charge in [-0.15, -0.1) is 0 Å². The SMILES string of the molecule is CCN(C(=O)C(C)N(C)S(C)(=O)=O)c1cn(-c2cccnc2)nc1Cl. The number of carbonyl (C=O) groups is 1. The van der Waals surface area contributed by atoms with Crippen LogP contribution in [-0.4, -0.2) is 59.3 Å². The zero-order valence-electron chi connectivity index (χ0n) is 14.4. The maximum atomic E-state index is 12.8. The molecule has 2 heterocycles. The Balaban J connectivity index is 2.35. The number of hydrogen-bond donors (Lipinski definition) is 0. The van der Waals surface area contributed by atoms with Gasteiger partial charge in [0.15, 0.2) is 5.15 Å². The third kappa shape index (κ3) is 4.17. The molecule has 1 unspecified atom stereocenters. The van der Waals surface area contributed by atoms with Crippen molar-refractivity contribution < 1.29 is 13.2 Å². The van der Waals surface area contributed by atoms with E-state index >= 15 is 0 Å². The minimum Gasteiger partial charge on any atom is -0.307 e.